The zero-order valence-corrected chi connectivity index (χ0v) is 19.0. The molecule has 2 N–H and O–H groups in total. The summed E-state index contributed by atoms with van der Waals surface area (Å²) in [4.78, 5) is 59.3. The number of carbonyl (C=O) groups is 1. The average Bonchev–Trinajstić information content (AvgIpc) is 2.89. The molecule has 12 nitrogen and oxygen atoms in total. The normalized spacial score (nSPS) is 14.6. The van der Waals surface area contributed by atoms with E-state index in [1.54, 1.807) is 34.0 Å². The second-order valence-corrected chi connectivity index (χ2v) is 8.31. The zero-order valence-electron chi connectivity index (χ0n) is 19.0. The molecular formula is C23H23N7O5. The second-order valence-electron chi connectivity index (χ2n) is 8.31. The number of hydrogen-bond donors (Lipinski definition) is 2. The van der Waals surface area contributed by atoms with Gasteiger partial charge in [-0.05, 0) is 25.0 Å². The molecule has 5 heterocycles. The standard InChI is InChI=1S/C23H23N7O5/c1-35-12-19(32)29-6-4-14(5-7-29)30-21-15(22(33)28-23(30)34)10-24-17-3-2-16(27-20(17)21)13-8-25-18(11-31)26-9-13/h2-3,8-10,14,31H,4-7,11-12H2,1H3,(H,28,33,34). The van der Waals surface area contributed by atoms with E-state index in [0.717, 1.165) is 0 Å². The van der Waals surface area contributed by atoms with Gasteiger partial charge in [-0.2, -0.15) is 0 Å². The minimum Gasteiger partial charge on any atom is -0.388 e. The Kier molecular flexibility index (Phi) is 6.05. The molecule has 0 bridgehead atoms. The van der Waals surface area contributed by atoms with Crippen LogP contribution in [0.15, 0.2) is 40.3 Å². The molecule has 0 spiro atoms. The molecule has 0 saturated carbocycles. The Hall–Kier alpha value is -4.03. The van der Waals surface area contributed by atoms with E-state index < -0.39 is 11.2 Å². The van der Waals surface area contributed by atoms with Gasteiger partial charge >= 0.3 is 5.69 Å². The van der Waals surface area contributed by atoms with Crippen LogP contribution in [0.2, 0.25) is 0 Å². The molecule has 0 aromatic carbocycles. The molecule has 1 amide bonds. The van der Waals surface area contributed by atoms with Crippen LogP contribution in [-0.4, -0.2) is 72.2 Å². The van der Waals surface area contributed by atoms with E-state index >= 15 is 0 Å². The van der Waals surface area contributed by atoms with Crippen LogP contribution in [0.4, 0.5) is 0 Å². The number of nitrogens with zero attached hydrogens (tertiary/aromatic N) is 6. The second kappa shape index (κ2) is 9.31. The molecule has 0 aliphatic carbocycles. The number of hydrogen-bond acceptors (Lipinski definition) is 9. The maximum absolute atomic E-state index is 13.1. The quantitative estimate of drug-likeness (QED) is 0.388. The first-order chi connectivity index (χ1) is 17.0. The van der Waals surface area contributed by atoms with Crippen molar-refractivity contribution < 1.29 is 14.6 Å². The Labute approximate surface area is 198 Å². The van der Waals surface area contributed by atoms with Crippen molar-refractivity contribution in [1.29, 1.82) is 0 Å². The smallest absolute Gasteiger partial charge is 0.329 e. The highest BCUT2D eigenvalue weighted by atomic mass is 16.5. The number of aromatic nitrogens is 6. The molecule has 4 aromatic rings. The van der Waals surface area contributed by atoms with Crippen molar-refractivity contribution in [3.05, 3.63) is 57.4 Å². The minimum atomic E-state index is -0.536. The van der Waals surface area contributed by atoms with Crippen molar-refractivity contribution in [3.8, 4) is 11.3 Å². The summed E-state index contributed by atoms with van der Waals surface area (Å²) >= 11 is 0. The number of piperidine rings is 1. The molecule has 5 rings (SSSR count). The third kappa shape index (κ3) is 4.17. The number of ether oxygens (including phenoxy) is 1. The highest BCUT2D eigenvalue weighted by Crippen LogP contribution is 2.28. The number of fused-ring (bicyclic) bond motifs is 3. The predicted octanol–water partition coefficient (Wildman–Crippen LogP) is 0.392. The Morgan fingerprint density at radius 3 is 2.57 bits per heavy atom. The van der Waals surface area contributed by atoms with Gasteiger partial charge in [0.25, 0.3) is 5.56 Å². The molecule has 1 aliphatic heterocycles. The largest absolute Gasteiger partial charge is 0.388 e. The Morgan fingerprint density at radius 1 is 1.14 bits per heavy atom. The number of H-pyrrole nitrogens is 1. The number of methoxy groups -OCH3 is 1. The Balaban J connectivity index is 1.63. The fourth-order valence-corrected chi connectivity index (χ4v) is 4.46. The number of likely N-dealkylation sites (tertiary alicyclic amines) is 1. The van der Waals surface area contributed by atoms with Crippen molar-refractivity contribution in [2.45, 2.75) is 25.5 Å². The Bertz CT molecular complexity index is 1520. The summed E-state index contributed by atoms with van der Waals surface area (Å²) in [6.45, 7) is 0.676. The molecule has 12 heteroatoms. The summed E-state index contributed by atoms with van der Waals surface area (Å²) in [5.41, 5.74) is 1.43. The number of aromatic amines is 1. The van der Waals surface area contributed by atoms with Crippen LogP contribution in [0, 0.1) is 0 Å². The van der Waals surface area contributed by atoms with Gasteiger partial charge in [-0.25, -0.2) is 19.7 Å². The van der Waals surface area contributed by atoms with Crippen LogP contribution in [0.5, 0.6) is 0 Å². The highest BCUT2D eigenvalue weighted by molar-refractivity contribution is 6.01. The van der Waals surface area contributed by atoms with Gasteiger partial charge in [-0.15, -0.1) is 0 Å². The zero-order chi connectivity index (χ0) is 24.5. The van der Waals surface area contributed by atoms with Crippen LogP contribution < -0.4 is 11.2 Å². The van der Waals surface area contributed by atoms with Crippen LogP contribution >= 0.6 is 0 Å². The molecule has 0 atom stereocenters. The number of aliphatic hydroxyl groups excluding tert-OH is 1. The van der Waals surface area contributed by atoms with E-state index in [4.69, 9.17) is 9.72 Å². The SMILES string of the molecule is COCC(=O)N1CCC(n2c(=O)[nH]c(=O)c3cnc4ccc(-c5cnc(CO)nc5)nc4c32)CC1. The van der Waals surface area contributed by atoms with Crippen molar-refractivity contribution in [1.82, 2.24) is 34.4 Å². The third-order valence-corrected chi connectivity index (χ3v) is 6.20. The van der Waals surface area contributed by atoms with Gasteiger partial charge in [0.05, 0.1) is 22.1 Å². The summed E-state index contributed by atoms with van der Waals surface area (Å²) in [5.74, 6) is 0.192. The number of pyridine rings is 2. The van der Waals surface area contributed by atoms with Gasteiger partial charge in [0, 0.05) is 50.4 Å². The van der Waals surface area contributed by atoms with Crippen molar-refractivity contribution in [3.63, 3.8) is 0 Å². The number of carbonyl (C=O) groups excluding carboxylic acids is 1. The van der Waals surface area contributed by atoms with E-state index in [0.29, 0.717) is 53.7 Å². The van der Waals surface area contributed by atoms with Gasteiger partial charge < -0.3 is 14.7 Å². The third-order valence-electron chi connectivity index (χ3n) is 6.20. The summed E-state index contributed by atoms with van der Waals surface area (Å²) in [5, 5.41) is 9.45. The molecule has 0 radical (unpaired) electrons. The highest BCUT2D eigenvalue weighted by Gasteiger charge is 2.27. The Morgan fingerprint density at radius 2 is 1.89 bits per heavy atom. The fraction of sp³-hybridized carbons (Fsp3) is 0.348. The fourth-order valence-electron chi connectivity index (χ4n) is 4.46. The van der Waals surface area contributed by atoms with Crippen LogP contribution in [0.1, 0.15) is 24.7 Å². The molecule has 0 unspecified atom stereocenters. The molecule has 35 heavy (non-hydrogen) atoms. The summed E-state index contributed by atoms with van der Waals surface area (Å²) in [6.07, 6.45) is 5.63. The van der Waals surface area contributed by atoms with E-state index in [1.807, 2.05) is 0 Å². The van der Waals surface area contributed by atoms with Crippen molar-refractivity contribution >= 4 is 27.8 Å². The van der Waals surface area contributed by atoms with Crippen LogP contribution in [0.3, 0.4) is 0 Å². The predicted molar refractivity (Wildman–Crippen MR) is 126 cm³/mol. The monoisotopic (exact) mass is 477 g/mol. The maximum atomic E-state index is 13.1. The van der Waals surface area contributed by atoms with E-state index in [1.165, 1.54) is 13.3 Å². The van der Waals surface area contributed by atoms with E-state index in [-0.39, 0.29) is 36.4 Å². The van der Waals surface area contributed by atoms with Crippen LogP contribution in [0.25, 0.3) is 33.2 Å². The number of amides is 1. The van der Waals surface area contributed by atoms with Crippen molar-refractivity contribution in [2.24, 2.45) is 0 Å². The minimum absolute atomic E-state index is 0.0121. The first kappa shape index (κ1) is 22.7. The summed E-state index contributed by atoms with van der Waals surface area (Å²) in [7, 11) is 1.48. The molecule has 1 aliphatic rings. The average molecular weight is 477 g/mol. The molecule has 1 fully saturated rings. The first-order valence-corrected chi connectivity index (χ1v) is 11.1. The van der Waals surface area contributed by atoms with Gasteiger partial charge in [0.15, 0.2) is 5.82 Å². The van der Waals surface area contributed by atoms with Gasteiger partial charge in [-0.1, -0.05) is 0 Å². The van der Waals surface area contributed by atoms with Crippen LogP contribution in [-0.2, 0) is 16.1 Å². The lowest BCUT2D eigenvalue weighted by atomic mass is 10.0. The first-order valence-electron chi connectivity index (χ1n) is 11.1. The number of nitrogens with one attached hydrogen (secondary N) is 1. The lowest BCUT2D eigenvalue weighted by Gasteiger charge is -2.33. The number of rotatable bonds is 5. The number of aliphatic hydroxyl groups is 1. The van der Waals surface area contributed by atoms with Gasteiger partial charge in [0.2, 0.25) is 5.91 Å². The van der Waals surface area contributed by atoms with Gasteiger partial charge in [-0.3, -0.25) is 24.1 Å². The molecule has 4 aromatic heterocycles. The lowest BCUT2D eigenvalue weighted by molar-refractivity contribution is -0.136. The van der Waals surface area contributed by atoms with E-state index in [2.05, 4.69) is 19.9 Å². The lowest BCUT2D eigenvalue weighted by Crippen LogP contribution is -2.43. The molecule has 1 saturated heterocycles. The molecular weight excluding hydrogens is 454 g/mol. The van der Waals surface area contributed by atoms with Crippen molar-refractivity contribution in [2.75, 3.05) is 26.8 Å². The summed E-state index contributed by atoms with van der Waals surface area (Å²) < 4.78 is 6.51. The maximum Gasteiger partial charge on any atom is 0.329 e. The molecule has 180 valence electrons. The van der Waals surface area contributed by atoms with Gasteiger partial charge in [0.1, 0.15) is 18.7 Å². The summed E-state index contributed by atoms with van der Waals surface area (Å²) in [6, 6.07) is 3.28. The van der Waals surface area contributed by atoms with E-state index in [9.17, 15) is 19.5 Å². The topological polar surface area (TPSA) is 156 Å².